The largest absolute Gasteiger partial charge is 0.458 e. The fourth-order valence-electron chi connectivity index (χ4n) is 8.26. The summed E-state index contributed by atoms with van der Waals surface area (Å²) < 4.78 is 42.7. The van der Waals surface area contributed by atoms with Gasteiger partial charge in [-0.1, -0.05) is 57.6 Å². The normalized spacial score (nSPS) is 38.3. The molecule has 3 aliphatic rings. The predicted octanol–water partition coefficient (Wildman–Crippen LogP) is 6.36. The highest BCUT2D eigenvalue weighted by Gasteiger charge is 2.40. The maximum absolute atomic E-state index is 13.4. The molecule has 3 rings (SSSR count). The van der Waals surface area contributed by atoms with E-state index in [0.29, 0.717) is 25.7 Å². The average molecular weight is 723 g/mol. The lowest BCUT2D eigenvalue weighted by atomic mass is 9.78. The highest BCUT2D eigenvalue weighted by atomic mass is 16.6. The lowest BCUT2D eigenvalue weighted by molar-refractivity contribution is -0.159. The van der Waals surface area contributed by atoms with Crippen molar-refractivity contribution in [2.45, 2.75) is 166 Å². The number of rotatable bonds is 10. The number of carbonyl (C=O) groups excluding carboxylic acids is 1. The van der Waals surface area contributed by atoms with E-state index >= 15 is 0 Å². The van der Waals surface area contributed by atoms with Gasteiger partial charge in [0, 0.05) is 71.5 Å². The highest BCUT2D eigenvalue weighted by Crippen LogP contribution is 2.34. The van der Waals surface area contributed by atoms with Crippen LogP contribution in [0.25, 0.3) is 0 Å². The molecule has 0 amide bonds. The van der Waals surface area contributed by atoms with Gasteiger partial charge < -0.3 is 43.4 Å². The molecule has 0 aromatic rings. The average Bonchev–Trinajstić information content (AvgIpc) is 3.12. The molecular formula is C41H70O10. The Labute approximate surface area is 308 Å². The molecule has 0 saturated carbocycles. The molecule has 10 nitrogen and oxygen atoms in total. The highest BCUT2D eigenvalue weighted by molar-refractivity contribution is 5.82. The quantitative estimate of drug-likeness (QED) is 0.195. The van der Waals surface area contributed by atoms with Crippen LogP contribution in [0.5, 0.6) is 0 Å². The Bertz CT molecular complexity index is 1110. The van der Waals surface area contributed by atoms with Crippen LogP contribution in [0.2, 0.25) is 0 Å². The van der Waals surface area contributed by atoms with Gasteiger partial charge in [-0.2, -0.15) is 0 Å². The number of aliphatic hydroxyl groups is 2. The number of carbonyl (C=O) groups is 1. The van der Waals surface area contributed by atoms with Gasteiger partial charge in [-0.15, -0.1) is 0 Å². The second-order valence-corrected chi connectivity index (χ2v) is 15.6. The van der Waals surface area contributed by atoms with Crippen molar-refractivity contribution in [3.63, 3.8) is 0 Å². The zero-order valence-electron chi connectivity index (χ0n) is 33.1. The number of hydrogen-bond donors (Lipinski definition) is 2. The molecular weight excluding hydrogens is 652 g/mol. The van der Waals surface area contributed by atoms with Crippen molar-refractivity contribution in [2.75, 3.05) is 28.4 Å². The molecule has 0 spiro atoms. The van der Waals surface area contributed by atoms with Gasteiger partial charge in [0.2, 0.25) is 0 Å². The molecule has 15 atom stereocenters. The van der Waals surface area contributed by atoms with E-state index in [2.05, 4.69) is 26.8 Å². The third-order valence-electron chi connectivity index (χ3n) is 11.7. The topological polar surface area (TPSA) is 122 Å². The molecule has 294 valence electrons. The lowest BCUT2D eigenvalue weighted by Crippen LogP contribution is -2.46. The van der Waals surface area contributed by atoms with Crippen LogP contribution in [0.3, 0.4) is 0 Å². The Kier molecular flexibility index (Phi) is 18.8. The molecule has 51 heavy (non-hydrogen) atoms. The smallest absolute Gasteiger partial charge is 0.331 e. The van der Waals surface area contributed by atoms with Crippen LogP contribution in [0, 0.1) is 23.7 Å². The number of aliphatic hydroxyl groups excluding tert-OH is 2. The van der Waals surface area contributed by atoms with Gasteiger partial charge in [0.25, 0.3) is 0 Å². The van der Waals surface area contributed by atoms with E-state index in [1.165, 1.54) is 6.08 Å². The van der Waals surface area contributed by atoms with Crippen LogP contribution >= 0.6 is 0 Å². The summed E-state index contributed by atoms with van der Waals surface area (Å²) in [4.78, 5) is 13.4. The number of cyclic esters (lactones) is 1. The number of hydrogen-bond acceptors (Lipinski definition) is 10. The van der Waals surface area contributed by atoms with Crippen molar-refractivity contribution in [1.82, 2.24) is 0 Å². The number of esters is 1. The Morgan fingerprint density at radius 2 is 1.51 bits per heavy atom. The minimum atomic E-state index is -0.733. The maximum atomic E-state index is 13.4. The molecule has 2 bridgehead atoms. The molecule has 3 aliphatic heterocycles. The molecule has 3 heterocycles. The molecule has 0 aromatic carbocycles. The van der Waals surface area contributed by atoms with Crippen LogP contribution in [-0.4, -0.2) is 112 Å². The first-order chi connectivity index (χ1) is 24.3. The summed E-state index contributed by atoms with van der Waals surface area (Å²) >= 11 is 0. The summed E-state index contributed by atoms with van der Waals surface area (Å²) in [5.74, 6) is -1.22. The van der Waals surface area contributed by atoms with Gasteiger partial charge in [-0.3, -0.25) is 0 Å². The van der Waals surface area contributed by atoms with Gasteiger partial charge in [-0.25, -0.2) is 4.79 Å². The first-order valence-electron chi connectivity index (χ1n) is 19.3. The number of ether oxygens (including phenoxy) is 7. The molecule has 1 fully saturated rings. The van der Waals surface area contributed by atoms with Crippen LogP contribution in [0.1, 0.15) is 99.3 Å². The van der Waals surface area contributed by atoms with E-state index in [1.807, 2.05) is 32.9 Å². The van der Waals surface area contributed by atoms with Crippen LogP contribution < -0.4 is 0 Å². The Balaban J connectivity index is 1.86. The van der Waals surface area contributed by atoms with E-state index in [1.54, 1.807) is 34.5 Å². The standard InChI is InChI=1S/C41H70O10/c1-25-14-17-31(42)21-32-12-11-13-33(50-32)23-36(46-8)28(4)37(47-9)24-38(48-10)29(5)41(51-39(43)19-15-25)30(6)40(44)26(2)16-18-34-22-35(45-7)20-27(3)49-34/h11-12,14-15,19,26-38,40-42,44H,13,16-18,20-24H2,1-10H3. The third-order valence-corrected chi connectivity index (χ3v) is 11.7. The van der Waals surface area contributed by atoms with Crippen molar-refractivity contribution in [3.05, 3.63) is 36.0 Å². The van der Waals surface area contributed by atoms with E-state index in [0.717, 1.165) is 37.7 Å². The second-order valence-electron chi connectivity index (χ2n) is 15.6. The van der Waals surface area contributed by atoms with E-state index in [9.17, 15) is 15.0 Å². The van der Waals surface area contributed by atoms with Crippen molar-refractivity contribution < 1.29 is 48.2 Å². The van der Waals surface area contributed by atoms with Crippen molar-refractivity contribution in [3.8, 4) is 0 Å². The van der Waals surface area contributed by atoms with E-state index in [-0.39, 0.29) is 72.5 Å². The van der Waals surface area contributed by atoms with Gasteiger partial charge in [-0.05, 0) is 58.3 Å². The summed E-state index contributed by atoms with van der Waals surface area (Å²) in [6.45, 7) is 12.1. The van der Waals surface area contributed by atoms with Crippen LogP contribution in [0.15, 0.2) is 36.0 Å². The van der Waals surface area contributed by atoms with Gasteiger partial charge in [0.05, 0.1) is 61.0 Å². The molecule has 2 N–H and O–H groups in total. The fourth-order valence-corrected chi connectivity index (χ4v) is 8.26. The molecule has 0 aliphatic carbocycles. The molecule has 0 aromatic heterocycles. The van der Waals surface area contributed by atoms with Crippen LogP contribution in [-0.2, 0) is 38.0 Å². The SMILES string of the molecule is COC1CC(C)OC(CCC(C)C(O)C(C)C2OC(=O)C=CC(C)=CCC(O)CC3C=CCC(CC(OC)C(C)C(OC)CC(OC)C2C)O3)C1. The lowest BCUT2D eigenvalue weighted by Gasteiger charge is -2.39. The predicted molar refractivity (Wildman–Crippen MR) is 198 cm³/mol. The van der Waals surface area contributed by atoms with Gasteiger partial charge >= 0.3 is 5.97 Å². The molecule has 15 unspecified atom stereocenters. The van der Waals surface area contributed by atoms with Gasteiger partial charge in [0.1, 0.15) is 6.10 Å². The Morgan fingerprint density at radius 3 is 2.18 bits per heavy atom. The van der Waals surface area contributed by atoms with Crippen molar-refractivity contribution in [2.24, 2.45) is 23.7 Å². The summed E-state index contributed by atoms with van der Waals surface area (Å²) in [7, 11) is 6.86. The third kappa shape index (κ3) is 13.6. The number of allylic oxidation sites excluding steroid dienone is 2. The first-order valence-corrected chi connectivity index (χ1v) is 19.3. The van der Waals surface area contributed by atoms with E-state index in [4.69, 9.17) is 33.2 Å². The zero-order chi connectivity index (χ0) is 37.7. The minimum Gasteiger partial charge on any atom is -0.458 e. The monoisotopic (exact) mass is 722 g/mol. The fraction of sp³-hybridized carbons (Fsp3) is 0.829. The molecule has 0 radical (unpaired) electrons. The Hall–Kier alpha value is -1.63. The van der Waals surface area contributed by atoms with Crippen molar-refractivity contribution >= 4 is 5.97 Å². The Morgan fingerprint density at radius 1 is 0.843 bits per heavy atom. The van der Waals surface area contributed by atoms with Crippen molar-refractivity contribution in [1.29, 1.82) is 0 Å². The minimum absolute atomic E-state index is 0.00324. The summed E-state index contributed by atoms with van der Waals surface area (Å²) in [5.41, 5.74) is 0.842. The number of methoxy groups -OCH3 is 4. The van der Waals surface area contributed by atoms with Crippen LogP contribution in [0.4, 0.5) is 0 Å². The first kappa shape index (κ1) is 43.8. The summed E-state index contributed by atoms with van der Waals surface area (Å²) in [5, 5.41) is 22.6. The zero-order valence-corrected chi connectivity index (χ0v) is 33.1. The van der Waals surface area contributed by atoms with E-state index < -0.39 is 24.3 Å². The second kappa shape index (κ2) is 21.9. The van der Waals surface area contributed by atoms with Gasteiger partial charge in [0.15, 0.2) is 0 Å². The number of fused-ring (bicyclic) bond motifs is 2. The maximum Gasteiger partial charge on any atom is 0.331 e. The summed E-state index contributed by atoms with van der Waals surface area (Å²) in [6.07, 6.45) is 13.0. The molecule has 1 saturated heterocycles. The molecule has 10 heteroatoms. The summed E-state index contributed by atoms with van der Waals surface area (Å²) in [6, 6.07) is 0.